The summed E-state index contributed by atoms with van der Waals surface area (Å²) in [7, 11) is 0. The number of hydrogen-bond donors (Lipinski definition) is 2. The minimum atomic E-state index is -0.373. The maximum absolute atomic E-state index is 13.4. The standard InChI is InChI=1S/C10H17FN4/c1-7(2)12-4-5-13-10-9(11)8(3)14-6-15-10/h6-7,12H,4-5H2,1-3H3,(H,13,14,15). The lowest BCUT2D eigenvalue weighted by molar-refractivity contribution is 0.591. The summed E-state index contributed by atoms with van der Waals surface area (Å²) in [5, 5.41) is 6.14. The lowest BCUT2D eigenvalue weighted by Crippen LogP contribution is -2.28. The van der Waals surface area contributed by atoms with Crippen LogP contribution in [0.15, 0.2) is 6.33 Å². The largest absolute Gasteiger partial charge is 0.366 e. The number of anilines is 1. The van der Waals surface area contributed by atoms with Gasteiger partial charge in [0, 0.05) is 19.1 Å². The second-order valence-electron chi connectivity index (χ2n) is 3.66. The Morgan fingerprint density at radius 1 is 1.33 bits per heavy atom. The minimum absolute atomic E-state index is 0.271. The maximum atomic E-state index is 13.4. The van der Waals surface area contributed by atoms with E-state index < -0.39 is 0 Å². The number of aryl methyl sites for hydroxylation is 1. The molecular weight excluding hydrogens is 195 g/mol. The summed E-state index contributed by atoms with van der Waals surface area (Å²) in [4.78, 5) is 7.58. The van der Waals surface area contributed by atoms with Crippen LogP contribution in [0.2, 0.25) is 0 Å². The van der Waals surface area contributed by atoms with Crippen molar-refractivity contribution in [3.8, 4) is 0 Å². The fourth-order valence-corrected chi connectivity index (χ4v) is 1.12. The molecule has 1 aromatic heterocycles. The molecule has 0 radical (unpaired) electrons. The van der Waals surface area contributed by atoms with Crippen molar-refractivity contribution in [2.75, 3.05) is 18.4 Å². The van der Waals surface area contributed by atoms with Gasteiger partial charge in [-0.05, 0) is 6.92 Å². The van der Waals surface area contributed by atoms with Crippen LogP contribution < -0.4 is 10.6 Å². The van der Waals surface area contributed by atoms with Gasteiger partial charge in [-0.2, -0.15) is 0 Å². The summed E-state index contributed by atoms with van der Waals surface area (Å²) in [6, 6.07) is 0.434. The molecule has 0 spiro atoms. The fraction of sp³-hybridized carbons (Fsp3) is 0.600. The summed E-state index contributed by atoms with van der Waals surface area (Å²) >= 11 is 0. The second-order valence-corrected chi connectivity index (χ2v) is 3.66. The first-order valence-corrected chi connectivity index (χ1v) is 5.05. The van der Waals surface area contributed by atoms with E-state index in [0.717, 1.165) is 6.54 Å². The maximum Gasteiger partial charge on any atom is 0.186 e. The fourth-order valence-electron chi connectivity index (χ4n) is 1.12. The third kappa shape index (κ3) is 3.79. The molecule has 1 aromatic rings. The zero-order valence-electron chi connectivity index (χ0n) is 9.34. The predicted octanol–water partition coefficient (Wildman–Crippen LogP) is 1.33. The topological polar surface area (TPSA) is 49.8 Å². The Balaban J connectivity index is 2.41. The predicted molar refractivity (Wildman–Crippen MR) is 58.4 cm³/mol. The molecule has 0 aliphatic heterocycles. The molecule has 0 aromatic carbocycles. The van der Waals surface area contributed by atoms with Crippen molar-refractivity contribution in [1.29, 1.82) is 0 Å². The molecule has 0 amide bonds. The van der Waals surface area contributed by atoms with Crippen LogP contribution in [-0.4, -0.2) is 29.1 Å². The Labute approximate surface area is 89.3 Å². The third-order valence-corrected chi connectivity index (χ3v) is 1.93. The number of halogens is 1. The van der Waals surface area contributed by atoms with Gasteiger partial charge >= 0.3 is 0 Å². The highest BCUT2D eigenvalue weighted by Gasteiger charge is 2.05. The van der Waals surface area contributed by atoms with Gasteiger partial charge in [0.15, 0.2) is 11.6 Å². The highest BCUT2D eigenvalue weighted by atomic mass is 19.1. The normalized spacial score (nSPS) is 10.7. The lowest BCUT2D eigenvalue weighted by atomic mass is 10.4. The van der Waals surface area contributed by atoms with Crippen LogP contribution in [0.3, 0.4) is 0 Å². The van der Waals surface area contributed by atoms with Gasteiger partial charge in [-0.3, -0.25) is 0 Å². The number of nitrogens with zero attached hydrogens (tertiary/aromatic N) is 2. The highest BCUT2D eigenvalue weighted by Crippen LogP contribution is 2.10. The van der Waals surface area contributed by atoms with Gasteiger partial charge in [0.1, 0.15) is 6.33 Å². The van der Waals surface area contributed by atoms with E-state index in [9.17, 15) is 4.39 Å². The number of aromatic nitrogens is 2. The first-order chi connectivity index (χ1) is 7.11. The van der Waals surface area contributed by atoms with Crippen LogP contribution in [0, 0.1) is 12.7 Å². The van der Waals surface area contributed by atoms with Gasteiger partial charge in [-0.15, -0.1) is 0 Å². The molecule has 84 valence electrons. The molecule has 2 N–H and O–H groups in total. The van der Waals surface area contributed by atoms with Gasteiger partial charge in [0.05, 0.1) is 5.69 Å². The molecule has 1 rings (SSSR count). The smallest absolute Gasteiger partial charge is 0.186 e. The summed E-state index contributed by atoms with van der Waals surface area (Å²) < 4.78 is 13.4. The third-order valence-electron chi connectivity index (χ3n) is 1.93. The Bertz CT molecular complexity index is 314. The van der Waals surface area contributed by atoms with Crippen molar-refractivity contribution < 1.29 is 4.39 Å². The van der Waals surface area contributed by atoms with E-state index in [0.29, 0.717) is 18.3 Å². The van der Waals surface area contributed by atoms with E-state index in [-0.39, 0.29) is 11.6 Å². The van der Waals surface area contributed by atoms with Crippen molar-refractivity contribution in [3.63, 3.8) is 0 Å². The zero-order chi connectivity index (χ0) is 11.3. The summed E-state index contributed by atoms with van der Waals surface area (Å²) in [5.74, 6) is -0.102. The minimum Gasteiger partial charge on any atom is -0.366 e. The van der Waals surface area contributed by atoms with E-state index in [1.165, 1.54) is 6.33 Å². The van der Waals surface area contributed by atoms with E-state index in [4.69, 9.17) is 0 Å². The first kappa shape index (κ1) is 11.8. The van der Waals surface area contributed by atoms with Gasteiger partial charge in [0.25, 0.3) is 0 Å². The SMILES string of the molecule is Cc1ncnc(NCCNC(C)C)c1F. The molecule has 0 saturated carbocycles. The molecule has 1 heterocycles. The van der Waals surface area contributed by atoms with Crippen molar-refractivity contribution in [1.82, 2.24) is 15.3 Å². The quantitative estimate of drug-likeness (QED) is 0.723. The van der Waals surface area contributed by atoms with Crippen molar-refractivity contribution in [2.24, 2.45) is 0 Å². The van der Waals surface area contributed by atoms with Crippen LogP contribution in [-0.2, 0) is 0 Å². The molecule has 0 saturated heterocycles. The Morgan fingerprint density at radius 3 is 2.73 bits per heavy atom. The molecule has 0 bridgehead atoms. The Kier molecular flexibility index (Phi) is 4.42. The molecule has 15 heavy (non-hydrogen) atoms. The Morgan fingerprint density at radius 2 is 2.07 bits per heavy atom. The number of hydrogen-bond acceptors (Lipinski definition) is 4. The highest BCUT2D eigenvalue weighted by molar-refractivity contribution is 5.36. The van der Waals surface area contributed by atoms with Crippen LogP contribution in [0.4, 0.5) is 10.2 Å². The molecule has 0 unspecified atom stereocenters. The summed E-state index contributed by atoms with van der Waals surface area (Å²) in [6.45, 7) is 7.17. The Hall–Kier alpha value is -1.23. The molecular formula is C10H17FN4. The van der Waals surface area contributed by atoms with E-state index in [1.54, 1.807) is 6.92 Å². The van der Waals surface area contributed by atoms with Crippen molar-refractivity contribution in [2.45, 2.75) is 26.8 Å². The molecule has 0 aliphatic rings. The van der Waals surface area contributed by atoms with Crippen LogP contribution in [0.5, 0.6) is 0 Å². The van der Waals surface area contributed by atoms with Crippen LogP contribution >= 0.6 is 0 Å². The monoisotopic (exact) mass is 212 g/mol. The molecule has 4 nitrogen and oxygen atoms in total. The van der Waals surface area contributed by atoms with Gasteiger partial charge in [-0.1, -0.05) is 13.8 Å². The number of rotatable bonds is 5. The van der Waals surface area contributed by atoms with Crippen LogP contribution in [0.25, 0.3) is 0 Å². The number of nitrogens with one attached hydrogen (secondary N) is 2. The average molecular weight is 212 g/mol. The average Bonchev–Trinajstić information content (AvgIpc) is 2.18. The molecule has 0 fully saturated rings. The second kappa shape index (κ2) is 5.60. The molecule has 5 heteroatoms. The zero-order valence-corrected chi connectivity index (χ0v) is 9.34. The lowest BCUT2D eigenvalue weighted by Gasteiger charge is -2.10. The van der Waals surface area contributed by atoms with E-state index >= 15 is 0 Å². The molecule has 0 atom stereocenters. The van der Waals surface area contributed by atoms with Gasteiger partial charge < -0.3 is 10.6 Å². The van der Waals surface area contributed by atoms with E-state index in [1.807, 2.05) is 0 Å². The van der Waals surface area contributed by atoms with Crippen molar-refractivity contribution >= 4 is 5.82 Å². The summed E-state index contributed by atoms with van der Waals surface area (Å²) in [6.07, 6.45) is 1.36. The summed E-state index contributed by atoms with van der Waals surface area (Å²) in [5.41, 5.74) is 0.365. The van der Waals surface area contributed by atoms with Gasteiger partial charge in [0.2, 0.25) is 0 Å². The van der Waals surface area contributed by atoms with Crippen molar-refractivity contribution in [3.05, 3.63) is 17.8 Å². The van der Waals surface area contributed by atoms with Crippen LogP contribution in [0.1, 0.15) is 19.5 Å². The van der Waals surface area contributed by atoms with Gasteiger partial charge in [-0.25, -0.2) is 14.4 Å². The molecule has 0 aliphatic carbocycles. The first-order valence-electron chi connectivity index (χ1n) is 5.05. The van der Waals surface area contributed by atoms with E-state index in [2.05, 4.69) is 34.4 Å².